The molecule has 0 spiro atoms. The zero-order chi connectivity index (χ0) is 29.5. The van der Waals surface area contributed by atoms with Gasteiger partial charge in [0.1, 0.15) is 12.6 Å². The van der Waals surface area contributed by atoms with Crippen molar-refractivity contribution in [1.82, 2.24) is 10.2 Å². The molecule has 2 amide bonds. The minimum atomic E-state index is -4.24. The van der Waals surface area contributed by atoms with Crippen LogP contribution in [0.2, 0.25) is 0 Å². The number of amides is 2. The van der Waals surface area contributed by atoms with Crippen molar-refractivity contribution >= 4 is 33.2 Å². The van der Waals surface area contributed by atoms with Crippen LogP contribution in [-0.2, 0) is 26.0 Å². The average molecular weight is 567 g/mol. The van der Waals surface area contributed by atoms with Crippen molar-refractivity contribution < 1.29 is 22.9 Å². The van der Waals surface area contributed by atoms with E-state index in [1.165, 1.54) is 41.3 Å². The summed E-state index contributed by atoms with van der Waals surface area (Å²) >= 11 is 0. The third-order valence-corrected chi connectivity index (χ3v) is 7.90. The lowest BCUT2D eigenvalue weighted by Crippen LogP contribution is -2.55. The highest BCUT2D eigenvalue weighted by atomic mass is 32.2. The highest BCUT2D eigenvalue weighted by Gasteiger charge is 2.33. The molecule has 3 rings (SSSR count). The maximum atomic E-state index is 13.8. The fourth-order valence-corrected chi connectivity index (χ4v) is 5.47. The third-order valence-electron chi connectivity index (χ3n) is 6.11. The van der Waals surface area contributed by atoms with Gasteiger partial charge in [-0.25, -0.2) is 8.42 Å². The van der Waals surface area contributed by atoms with Gasteiger partial charge in [0.2, 0.25) is 11.8 Å². The van der Waals surface area contributed by atoms with Crippen LogP contribution in [-0.4, -0.2) is 54.7 Å². The molecule has 1 N–H and O–H groups in total. The first-order valence-electron chi connectivity index (χ1n) is 12.8. The lowest BCUT2D eigenvalue weighted by molar-refractivity contribution is -0.384. The molecule has 0 aliphatic heterocycles. The van der Waals surface area contributed by atoms with Crippen LogP contribution in [0.5, 0.6) is 0 Å². The van der Waals surface area contributed by atoms with Crippen molar-refractivity contribution in [3.8, 4) is 0 Å². The van der Waals surface area contributed by atoms with Crippen molar-refractivity contribution in [1.29, 1.82) is 0 Å². The summed E-state index contributed by atoms with van der Waals surface area (Å²) in [5, 5.41) is 14.1. The zero-order valence-electron chi connectivity index (χ0n) is 23.0. The first kappa shape index (κ1) is 30.3. The summed E-state index contributed by atoms with van der Waals surface area (Å²) in [6, 6.07) is 21.1. The topological polar surface area (TPSA) is 130 Å². The van der Waals surface area contributed by atoms with Gasteiger partial charge in [-0.15, -0.1) is 0 Å². The Bertz CT molecular complexity index is 1420. The Morgan fingerprint density at radius 2 is 1.48 bits per heavy atom. The first-order chi connectivity index (χ1) is 18.8. The fourth-order valence-electron chi connectivity index (χ4n) is 4.03. The van der Waals surface area contributed by atoms with Crippen LogP contribution in [0.1, 0.15) is 33.3 Å². The highest BCUT2D eigenvalue weighted by Crippen LogP contribution is 2.26. The van der Waals surface area contributed by atoms with Gasteiger partial charge in [0.15, 0.2) is 0 Å². The van der Waals surface area contributed by atoms with Crippen LogP contribution in [0.25, 0.3) is 0 Å². The Hall–Kier alpha value is -4.25. The fraction of sp³-hybridized carbons (Fsp3) is 0.310. The second kappa shape index (κ2) is 12.7. The van der Waals surface area contributed by atoms with E-state index < -0.39 is 39.0 Å². The van der Waals surface area contributed by atoms with E-state index >= 15 is 0 Å². The molecule has 0 saturated carbocycles. The van der Waals surface area contributed by atoms with Gasteiger partial charge in [0, 0.05) is 24.2 Å². The smallest absolute Gasteiger partial charge is 0.269 e. The largest absolute Gasteiger partial charge is 0.350 e. The molecule has 212 valence electrons. The molecule has 0 aliphatic rings. The number of benzene rings is 3. The number of carbonyl (C=O) groups excluding carboxylic acids is 2. The number of nitro groups is 1. The van der Waals surface area contributed by atoms with Crippen LogP contribution in [0.15, 0.2) is 89.8 Å². The molecule has 0 bridgehead atoms. The molecule has 0 radical (unpaired) electrons. The molecule has 0 fully saturated rings. The van der Waals surface area contributed by atoms with Crippen LogP contribution in [0.4, 0.5) is 11.4 Å². The van der Waals surface area contributed by atoms with E-state index in [9.17, 15) is 28.1 Å². The second-order valence-corrected chi connectivity index (χ2v) is 12.2. The molecule has 0 aliphatic carbocycles. The minimum absolute atomic E-state index is 0.0458. The van der Waals surface area contributed by atoms with Crippen LogP contribution in [0, 0.1) is 10.1 Å². The van der Waals surface area contributed by atoms with E-state index in [2.05, 4.69) is 5.32 Å². The molecular formula is C29H34N4O6S. The second-order valence-electron chi connectivity index (χ2n) is 10.3. The number of hydrogen-bond acceptors (Lipinski definition) is 6. The molecule has 11 heteroatoms. The van der Waals surface area contributed by atoms with Gasteiger partial charge in [-0.1, -0.05) is 48.5 Å². The third kappa shape index (κ3) is 7.89. The molecule has 0 heterocycles. The molecule has 1 atom stereocenters. The summed E-state index contributed by atoms with van der Waals surface area (Å²) in [5.41, 5.74) is 0.274. The summed E-state index contributed by atoms with van der Waals surface area (Å²) in [7, 11) is -4.24. The number of anilines is 1. The quantitative estimate of drug-likeness (QED) is 0.274. The number of nitrogens with zero attached hydrogens (tertiary/aromatic N) is 3. The molecular weight excluding hydrogens is 532 g/mol. The molecule has 3 aromatic rings. The van der Waals surface area contributed by atoms with Gasteiger partial charge in [-0.3, -0.25) is 24.0 Å². The Morgan fingerprint density at radius 1 is 0.925 bits per heavy atom. The Kier molecular flexibility index (Phi) is 9.65. The molecule has 0 aromatic heterocycles. The predicted octanol–water partition coefficient (Wildman–Crippen LogP) is 4.16. The molecule has 10 nitrogen and oxygen atoms in total. The van der Waals surface area contributed by atoms with Gasteiger partial charge in [0.25, 0.3) is 15.7 Å². The minimum Gasteiger partial charge on any atom is -0.350 e. The van der Waals surface area contributed by atoms with Crippen LogP contribution in [0.3, 0.4) is 0 Å². The van der Waals surface area contributed by atoms with Crippen LogP contribution >= 0.6 is 0 Å². The van der Waals surface area contributed by atoms with E-state index in [0.717, 1.165) is 9.87 Å². The van der Waals surface area contributed by atoms with E-state index in [1.54, 1.807) is 25.1 Å². The van der Waals surface area contributed by atoms with Crippen molar-refractivity contribution in [3.63, 3.8) is 0 Å². The lowest BCUT2D eigenvalue weighted by atomic mass is 10.1. The normalized spacial score (nSPS) is 12.3. The van der Waals surface area contributed by atoms with Gasteiger partial charge >= 0.3 is 0 Å². The molecule has 40 heavy (non-hydrogen) atoms. The first-order valence-corrected chi connectivity index (χ1v) is 14.2. The van der Waals surface area contributed by atoms with Crippen molar-refractivity contribution in [2.75, 3.05) is 17.4 Å². The summed E-state index contributed by atoms with van der Waals surface area (Å²) in [6.07, 6.45) is 0.447. The molecule has 3 aromatic carbocycles. The monoisotopic (exact) mass is 566 g/mol. The van der Waals surface area contributed by atoms with Gasteiger partial charge in [-0.05, 0) is 63.9 Å². The summed E-state index contributed by atoms with van der Waals surface area (Å²) in [5.74, 6) is -0.966. The van der Waals surface area contributed by atoms with Gasteiger partial charge < -0.3 is 10.2 Å². The number of non-ortho nitro benzene ring substituents is 1. The van der Waals surface area contributed by atoms with Crippen molar-refractivity contribution in [2.24, 2.45) is 0 Å². The Morgan fingerprint density at radius 3 is 2.00 bits per heavy atom. The van der Waals surface area contributed by atoms with Gasteiger partial charge in [0.05, 0.1) is 15.5 Å². The Labute approximate surface area is 234 Å². The average Bonchev–Trinajstić information content (AvgIpc) is 2.91. The number of nitrogens with one attached hydrogen (secondary N) is 1. The SMILES string of the molecule is C[C@H](C(=O)NC(C)(C)C)N(CCc1ccccc1)C(=O)CN(c1ccc([N+](=O)[O-])cc1)S(=O)(=O)c1ccccc1. The summed E-state index contributed by atoms with van der Waals surface area (Å²) < 4.78 is 28.4. The lowest BCUT2D eigenvalue weighted by Gasteiger charge is -2.33. The van der Waals surface area contributed by atoms with Crippen molar-refractivity contribution in [3.05, 3.63) is 101 Å². The van der Waals surface area contributed by atoms with E-state index in [1.807, 2.05) is 51.1 Å². The van der Waals surface area contributed by atoms with Crippen LogP contribution < -0.4 is 9.62 Å². The summed E-state index contributed by atoms with van der Waals surface area (Å²) in [4.78, 5) is 38.8. The number of sulfonamides is 1. The molecule has 0 saturated heterocycles. The number of carbonyl (C=O) groups is 2. The van der Waals surface area contributed by atoms with Crippen molar-refractivity contribution in [2.45, 2.75) is 50.6 Å². The van der Waals surface area contributed by atoms with E-state index in [-0.39, 0.29) is 28.7 Å². The maximum absolute atomic E-state index is 13.8. The number of hydrogen-bond donors (Lipinski definition) is 1. The zero-order valence-corrected chi connectivity index (χ0v) is 23.8. The maximum Gasteiger partial charge on any atom is 0.269 e. The number of rotatable bonds is 11. The van der Waals surface area contributed by atoms with Gasteiger partial charge in [-0.2, -0.15) is 0 Å². The molecule has 0 unspecified atom stereocenters. The van der Waals surface area contributed by atoms with E-state index in [4.69, 9.17) is 0 Å². The predicted molar refractivity (Wildman–Crippen MR) is 153 cm³/mol. The standard InChI is InChI=1S/C29H34N4O6S/c1-22(28(35)30-29(2,3)4)31(20-19-23-11-7-5-8-12-23)27(34)21-32(24-15-17-25(18-16-24)33(36)37)40(38,39)26-13-9-6-10-14-26/h5-18,22H,19-21H2,1-4H3,(H,30,35)/t22-/m1/s1. The van der Waals surface area contributed by atoms with E-state index in [0.29, 0.717) is 6.42 Å². The Balaban J connectivity index is 1.99. The number of nitro benzene ring substituents is 1. The highest BCUT2D eigenvalue weighted by molar-refractivity contribution is 7.92. The summed E-state index contributed by atoms with van der Waals surface area (Å²) in [6.45, 7) is 6.65.